The van der Waals surface area contributed by atoms with Gasteiger partial charge in [-0.15, -0.1) is 0 Å². The lowest BCUT2D eigenvalue weighted by atomic mass is 9.77. The summed E-state index contributed by atoms with van der Waals surface area (Å²) in [6, 6.07) is 0. The van der Waals surface area contributed by atoms with E-state index >= 15 is 0 Å². The number of carbonyl (C=O) groups is 2. The molecule has 2 rings (SSSR count). The second kappa shape index (κ2) is 9.87. The molecule has 0 aromatic heterocycles. The Morgan fingerprint density at radius 3 is 2.55 bits per heavy atom. The van der Waals surface area contributed by atoms with Gasteiger partial charge in [0.2, 0.25) is 0 Å². The zero-order valence-corrected chi connectivity index (χ0v) is 17.8. The summed E-state index contributed by atoms with van der Waals surface area (Å²) in [6.07, 6.45) is 4.23. The minimum absolute atomic E-state index is 0.00824. The van der Waals surface area contributed by atoms with Gasteiger partial charge in [-0.25, -0.2) is 0 Å². The summed E-state index contributed by atoms with van der Waals surface area (Å²) in [7, 11) is 1.35. The number of aliphatic hydroxyl groups excluding tert-OH is 1. The van der Waals surface area contributed by atoms with E-state index in [1.807, 2.05) is 0 Å². The minimum atomic E-state index is -1.28. The van der Waals surface area contributed by atoms with Crippen LogP contribution in [0.25, 0.3) is 0 Å². The molecule has 0 bridgehead atoms. The molecule has 2 N–H and O–H groups in total. The third-order valence-corrected chi connectivity index (χ3v) is 5.83. The second-order valence-electron chi connectivity index (χ2n) is 8.56. The molecule has 7 heteroatoms. The molecule has 0 radical (unpaired) electrons. The lowest BCUT2D eigenvalue weighted by Crippen LogP contribution is -2.35. The van der Waals surface area contributed by atoms with Crippen LogP contribution in [0.15, 0.2) is 23.8 Å². The molecule has 1 heterocycles. The van der Waals surface area contributed by atoms with Crippen LogP contribution in [-0.4, -0.2) is 59.8 Å². The van der Waals surface area contributed by atoms with Crippen LogP contribution in [0.4, 0.5) is 0 Å². The van der Waals surface area contributed by atoms with Crippen molar-refractivity contribution in [2.45, 2.75) is 76.8 Å². The van der Waals surface area contributed by atoms with Crippen LogP contribution < -0.4 is 0 Å². The number of methoxy groups -OCH3 is 1. The Morgan fingerprint density at radius 1 is 1.31 bits per heavy atom. The molecule has 0 spiro atoms. The second-order valence-corrected chi connectivity index (χ2v) is 8.56. The molecule has 5 atom stereocenters. The summed E-state index contributed by atoms with van der Waals surface area (Å²) < 4.78 is 16.0. The predicted octanol–water partition coefficient (Wildman–Crippen LogP) is 2.30. The number of fused-ring (bicyclic) bond motifs is 1. The smallest absolute Gasteiger partial charge is 0.313 e. The summed E-state index contributed by atoms with van der Waals surface area (Å²) in [5, 5.41) is 20.3. The lowest BCUT2D eigenvalue weighted by Gasteiger charge is -2.30. The molecular formula is C22H34O7. The van der Waals surface area contributed by atoms with Gasteiger partial charge in [-0.2, -0.15) is 0 Å². The van der Waals surface area contributed by atoms with E-state index in [9.17, 15) is 19.8 Å². The highest BCUT2D eigenvalue weighted by Gasteiger charge is 2.43. The fourth-order valence-corrected chi connectivity index (χ4v) is 3.88. The van der Waals surface area contributed by atoms with Gasteiger partial charge >= 0.3 is 11.9 Å². The van der Waals surface area contributed by atoms with Gasteiger partial charge < -0.3 is 24.4 Å². The molecule has 0 aromatic rings. The molecule has 1 aliphatic heterocycles. The Labute approximate surface area is 172 Å². The van der Waals surface area contributed by atoms with E-state index in [0.717, 1.165) is 24.0 Å². The van der Waals surface area contributed by atoms with Crippen molar-refractivity contribution in [1.82, 2.24) is 0 Å². The standard InChI is InChI=1S/C22H34O7/c1-13-6-9-17-18(29-17)10-8-16(20(13)21(25)27-5)15(12-28-14(2)23)7-11-19(24)22(3,4)26/h7,16-20,24,26H,1,6,8-12H2,2-5H3/b15-7-/t16-,17+,18+,19?,20+/m1/s1. The van der Waals surface area contributed by atoms with Gasteiger partial charge in [0, 0.05) is 12.8 Å². The predicted molar refractivity (Wildman–Crippen MR) is 107 cm³/mol. The number of epoxide rings is 1. The van der Waals surface area contributed by atoms with E-state index in [2.05, 4.69) is 6.58 Å². The maximum atomic E-state index is 12.7. The van der Waals surface area contributed by atoms with Crippen molar-refractivity contribution in [3.05, 3.63) is 23.8 Å². The van der Waals surface area contributed by atoms with E-state index in [-0.39, 0.29) is 37.1 Å². The van der Waals surface area contributed by atoms with Crippen LogP contribution in [0.5, 0.6) is 0 Å². The van der Waals surface area contributed by atoms with Gasteiger partial charge in [0.25, 0.3) is 0 Å². The fourth-order valence-electron chi connectivity index (χ4n) is 3.88. The van der Waals surface area contributed by atoms with Crippen molar-refractivity contribution in [3.8, 4) is 0 Å². The van der Waals surface area contributed by atoms with E-state index in [4.69, 9.17) is 14.2 Å². The zero-order valence-electron chi connectivity index (χ0n) is 17.8. The molecule has 1 aliphatic carbocycles. The molecule has 1 unspecified atom stereocenters. The molecule has 1 saturated heterocycles. The largest absolute Gasteiger partial charge is 0.469 e. The van der Waals surface area contributed by atoms with Gasteiger partial charge in [-0.05, 0) is 51.5 Å². The maximum absolute atomic E-state index is 12.7. The van der Waals surface area contributed by atoms with Gasteiger partial charge in [-0.3, -0.25) is 9.59 Å². The molecule has 0 aromatic carbocycles. The third-order valence-electron chi connectivity index (χ3n) is 5.83. The Kier molecular flexibility index (Phi) is 8.02. The van der Waals surface area contributed by atoms with E-state index in [0.29, 0.717) is 12.8 Å². The summed E-state index contributed by atoms with van der Waals surface area (Å²) in [5.74, 6) is -1.64. The fraction of sp³-hybridized carbons (Fsp3) is 0.727. The topological polar surface area (TPSA) is 106 Å². The Bertz CT molecular complexity index is 646. The first-order valence-corrected chi connectivity index (χ1v) is 10.2. The Hall–Kier alpha value is -1.70. The molecule has 7 nitrogen and oxygen atoms in total. The SMILES string of the molecule is C=C1CC[C@@H]2O[C@H]2CC[C@H](/C(=C\CC(O)C(C)(C)O)COC(C)=O)[C@H]1C(=O)OC. The highest BCUT2D eigenvalue weighted by Crippen LogP contribution is 2.41. The average Bonchev–Trinajstić information content (AvgIpc) is 3.39. The molecule has 2 fully saturated rings. The van der Waals surface area contributed by atoms with Crippen LogP contribution in [0, 0.1) is 11.8 Å². The van der Waals surface area contributed by atoms with Crippen LogP contribution in [0.3, 0.4) is 0 Å². The number of ether oxygens (including phenoxy) is 3. The summed E-state index contributed by atoms with van der Waals surface area (Å²) >= 11 is 0. The van der Waals surface area contributed by atoms with Crippen LogP contribution in [0.2, 0.25) is 0 Å². The van der Waals surface area contributed by atoms with E-state index in [1.165, 1.54) is 27.9 Å². The number of aliphatic hydroxyl groups is 2. The van der Waals surface area contributed by atoms with Crippen molar-refractivity contribution in [3.63, 3.8) is 0 Å². The molecular weight excluding hydrogens is 376 g/mol. The highest BCUT2D eigenvalue weighted by atomic mass is 16.6. The number of hydrogen-bond donors (Lipinski definition) is 2. The Balaban J connectivity index is 2.35. The molecule has 0 amide bonds. The molecule has 2 aliphatic rings. The number of carbonyl (C=O) groups excluding carboxylic acids is 2. The lowest BCUT2D eigenvalue weighted by molar-refractivity contribution is -0.145. The average molecular weight is 411 g/mol. The zero-order chi connectivity index (χ0) is 21.8. The molecule has 164 valence electrons. The number of rotatable bonds is 7. The monoisotopic (exact) mass is 410 g/mol. The van der Waals surface area contributed by atoms with Crippen molar-refractivity contribution >= 4 is 11.9 Å². The summed E-state index contributed by atoms with van der Waals surface area (Å²) in [5.41, 5.74) is 0.218. The number of hydrogen-bond acceptors (Lipinski definition) is 7. The van der Waals surface area contributed by atoms with Gasteiger partial charge in [0.05, 0.1) is 36.9 Å². The van der Waals surface area contributed by atoms with Crippen molar-refractivity contribution in [2.24, 2.45) is 11.8 Å². The van der Waals surface area contributed by atoms with E-state index < -0.39 is 23.6 Å². The van der Waals surface area contributed by atoms with Gasteiger partial charge in [0.1, 0.15) is 6.61 Å². The van der Waals surface area contributed by atoms with Crippen LogP contribution in [-0.2, 0) is 23.8 Å². The Morgan fingerprint density at radius 2 is 1.97 bits per heavy atom. The third kappa shape index (κ3) is 6.66. The first-order chi connectivity index (χ1) is 13.5. The van der Waals surface area contributed by atoms with Crippen LogP contribution >= 0.6 is 0 Å². The quantitative estimate of drug-likeness (QED) is 0.377. The summed E-state index contributed by atoms with van der Waals surface area (Å²) in [6.45, 7) is 8.53. The van der Waals surface area contributed by atoms with Crippen LogP contribution in [0.1, 0.15) is 52.9 Å². The van der Waals surface area contributed by atoms with E-state index in [1.54, 1.807) is 6.08 Å². The minimum Gasteiger partial charge on any atom is -0.469 e. The highest BCUT2D eigenvalue weighted by molar-refractivity contribution is 5.76. The number of esters is 2. The molecule has 29 heavy (non-hydrogen) atoms. The van der Waals surface area contributed by atoms with Crippen molar-refractivity contribution in [2.75, 3.05) is 13.7 Å². The first-order valence-electron chi connectivity index (χ1n) is 10.2. The first kappa shape index (κ1) is 23.6. The maximum Gasteiger partial charge on any atom is 0.313 e. The van der Waals surface area contributed by atoms with Crippen molar-refractivity contribution in [1.29, 1.82) is 0 Å². The summed E-state index contributed by atoms with van der Waals surface area (Å²) in [4.78, 5) is 24.1. The normalized spacial score (nSPS) is 29.0. The van der Waals surface area contributed by atoms with Gasteiger partial charge in [0.15, 0.2) is 0 Å². The van der Waals surface area contributed by atoms with Gasteiger partial charge in [-0.1, -0.05) is 18.2 Å². The van der Waals surface area contributed by atoms with Crippen molar-refractivity contribution < 1.29 is 34.0 Å². The molecule has 1 saturated carbocycles.